The summed E-state index contributed by atoms with van der Waals surface area (Å²) < 4.78 is 35.3. The Bertz CT molecular complexity index is 1150. The molecule has 2 aromatic rings. The highest BCUT2D eigenvalue weighted by atomic mass is 79.9. The second kappa shape index (κ2) is 8.92. The Hall–Kier alpha value is -2.30. The highest BCUT2D eigenvalue weighted by molar-refractivity contribution is 9.10. The number of benzene rings is 2. The number of phenols is 1. The van der Waals surface area contributed by atoms with Crippen molar-refractivity contribution in [3.8, 4) is 5.75 Å². The minimum atomic E-state index is -4.14. The molecule has 0 unspecified atom stereocenters. The van der Waals surface area contributed by atoms with Gasteiger partial charge >= 0.3 is 5.97 Å². The van der Waals surface area contributed by atoms with Crippen molar-refractivity contribution in [3.05, 3.63) is 45.9 Å². The third-order valence-electron chi connectivity index (χ3n) is 5.91. The van der Waals surface area contributed by atoms with Crippen LogP contribution in [0.4, 0.5) is 11.4 Å². The largest absolute Gasteiger partial charge is 0.505 e. The number of hydrogen-bond acceptors (Lipinski definition) is 6. The number of carboxylic acids is 1. The SMILES string of the molecule is COC[C@H]1CCCN1c1ccc(Br)cc1S(=O)(=O)Nc1cc(C2CC2)cc(C(=O)O)c1O. The normalized spacial score (nSPS) is 18.7. The van der Waals surface area contributed by atoms with Gasteiger partial charge in [0.05, 0.1) is 24.0 Å². The van der Waals surface area contributed by atoms with Crippen molar-refractivity contribution in [1.82, 2.24) is 0 Å². The second-order valence-electron chi connectivity index (χ2n) is 8.21. The van der Waals surface area contributed by atoms with Crippen LogP contribution in [0.5, 0.6) is 5.75 Å². The van der Waals surface area contributed by atoms with Gasteiger partial charge in [0.25, 0.3) is 10.0 Å². The van der Waals surface area contributed by atoms with Crippen molar-refractivity contribution in [2.45, 2.75) is 42.5 Å². The molecule has 8 nitrogen and oxygen atoms in total. The molecule has 0 radical (unpaired) electrons. The molecule has 1 heterocycles. The number of nitrogens with zero attached hydrogens (tertiary/aromatic N) is 1. The molecule has 2 aliphatic rings. The number of hydrogen-bond donors (Lipinski definition) is 3. The summed E-state index contributed by atoms with van der Waals surface area (Å²) in [6.45, 7) is 1.18. The first-order valence-corrected chi connectivity index (χ1v) is 12.7. The summed E-state index contributed by atoms with van der Waals surface area (Å²) in [6.07, 6.45) is 3.62. The Morgan fingerprint density at radius 2 is 2.00 bits per heavy atom. The molecule has 1 aliphatic carbocycles. The lowest BCUT2D eigenvalue weighted by Crippen LogP contribution is -2.34. The number of ether oxygens (including phenoxy) is 1. The van der Waals surface area contributed by atoms with Crippen LogP contribution in [0.3, 0.4) is 0 Å². The lowest BCUT2D eigenvalue weighted by Gasteiger charge is -2.28. The molecule has 2 aromatic carbocycles. The maximum atomic E-state index is 13.5. The molecule has 32 heavy (non-hydrogen) atoms. The van der Waals surface area contributed by atoms with E-state index in [0.717, 1.165) is 25.7 Å². The van der Waals surface area contributed by atoms with Crippen molar-refractivity contribution in [1.29, 1.82) is 0 Å². The van der Waals surface area contributed by atoms with E-state index in [0.29, 0.717) is 28.9 Å². The monoisotopic (exact) mass is 524 g/mol. The first-order valence-electron chi connectivity index (χ1n) is 10.4. The molecular weight excluding hydrogens is 500 g/mol. The minimum Gasteiger partial charge on any atom is -0.505 e. The first kappa shape index (κ1) is 22.9. The summed E-state index contributed by atoms with van der Waals surface area (Å²) in [7, 11) is -2.53. The van der Waals surface area contributed by atoms with Crippen molar-refractivity contribution < 1.29 is 28.2 Å². The predicted octanol–water partition coefficient (Wildman–Crippen LogP) is 4.15. The molecule has 1 saturated carbocycles. The van der Waals surface area contributed by atoms with Crippen molar-refractivity contribution >= 4 is 43.3 Å². The van der Waals surface area contributed by atoms with Gasteiger partial charge in [-0.3, -0.25) is 4.72 Å². The number of rotatable bonds is 8. The molecule has 0 amide bonds. The molecule has 2 fully saturated rings. The Kier molecular flexibility index (Phi) is 6.37. The van der Waals surface area contributed by atoms with Gasteiger partial charge in [0.1, 0.15) is 10.5 Å². The third kappa shape index (κ3) is 4.57. The van der Waals surface area contributed by atoms with E-state index in [4.69, 9.17) is 4.74 Å². The molecule has 1 saturated heterocycles. The number of carboxylic acid groups (broad SMARTS) is 1. The van der Waals surface area contributed by atoms with Gasteiger partial charge in [-0.25, -0.2) is 13.2 Å². The Morgan fingerprint density at radius 1 is 1.25 bits per heavy atom. The topological polar surface area (TPSA) is 116 Å². The highest BCUT2D eigenvalue weighted by Gasteiger charge is 2.32. The van der Waals surface area contributed by atoms with Gasteiger partial charge in [0.2, 0.25) is 0 Å². The fraction of sp³-hybridized carbons (Fsp3) is 0.409. The number of aromatic carboxylic acids is 1. The number of aromatic hydroxyl groups is 1. The molecule has 172 valence electrons. The average Bonchev–Trinajstić information content (AvgIpc) is 3.49. The molecule has 1 aliphatic heterocycles. The van der Waals surface area contributed by atoms with Crippen molar-refractivity contribution in [3.63, 3.8) is 0 Å². The summed E-state index contributed by atoms with van der Waals surface area (Å²) in [6, 6.07) is 8.04. The van der Waals surface area contributed by atoms with Gasteiger partial charge in [0.15, 0.2) is 5.75 Å². The number of carbonyl (C=O) groups is 1. The first-order chi connectivity index (χ1) is 15.2. The zero-order valence-electron chi connectivity index (χ0n) is 17.5. The number of methoxy groups -OCH3 is 1. The van der Waals surface area contributed by atoms with Crippen LogP contribution >= 0.6 is 15.9 Å². The minimum absolute atomic E-state index is 0.0444. The lowest BCUT2D eigenvalue weighted by atomic mass is 10.0. The van der Waals surface area contributed by atoms with Gasteiger partial charge in [-0.2, -0.15) is 0 Å². The summed E-state index contributed by atoms with van der Waals surface area (Å²) in [5.41, 5.74) is 0.789. The van der Waals surface area contributed by atoms with Crippen LogP contribution in [0.2, 0.25) is 0 Å². The van der Waals surface area contributed by atoms with Gasteiger partial charge in [-0.15, -0.1) is 0 Å². The lowest BCUT2D eigenvalue weighted by molar-refractivity contribution is 0.0693. The summed E-state index contributed by atoms with van der Waals surface area (Å²) in [4.78, 5) is 13.7. The zero-order chi connectivity index (χ0) is 23.0. The van der Waals surface area contributed by atoms with E-state index in [-0.39, 0.29) is 28.1 Å². The van der Waals surface area contributed by atoms with Crippen LogP contribution in [0.15, 0.2) is 39.7 Å². The van der Waals surface area contributed by atoms with Gasteiger partial charge in [0, 0.05) is 18.1 Å². The molecule has 0 bridgehead atoms. The Labute approximate surface area is 195 Å². The van der Waals surface area contributed by atoms with Crippen molar-refractivity contribution in [2.75, 3.05) is 29.9 Å². The van der Waals surface area contributed by atoms with E-state index in [1.807, 2.05) is 4.90 Å². The number of anilines is 2. The fourth-order valence-electron chi connectivity index (χ4n) is 4.21. The highest BCUT2D eigenvalue weighted by Crippen LogP contribution is 2.44. The molecule has 0 aromatic heterocycles. The number of sulfonamides is 1. The van der Waals surface area contributed by atoms with Crippen LogP contribution in [-0.4, -0.2) is 50.9 Å². The standard InChI is InChI=1S/C22H25BrN2O6S/c1-31-12-16-3-2-8-25(16)19-7-6-15(23)11-20(19)32(29,30)24-18-10-14(13-4-5-13)9-17(21(18)26)22(27)28/h6-7,9-11,13,16,24,26H,2-5,8,12H2,1H3,(H,27,28)/t16-/m1/s1. The van der Waals surface area contributed by atoms with Crippen LogP contribution in [-0.2, 0) is 14.8 Å². The molecule has 0 spiro atoms. The zero-order valence-corrected chi connectivity index (χ0v) is 19.9. The van der Waals surface area contributed by atoms with E-state index >= 15 is 0 Å². The molecule has 1 atom stereocenters. The van der Waals surface area contributed by atoms with E-state index < -0.39 is 21.7 Å². The Morgan fingerprint density at radius 3 is 2.66 bits per heavy atom. The smallest absolute Gasteiger partial charge is 0.339 e. The quantitative estimate of drug-likeness (QED) is 0.444. The number of halogens is 1. The maximum absolute atomic E-state index is 13.5. The maximum Gasteiger partial charge on any atom is 0.339 e. The van der Waals surface area contributed by atoms with Gasteiger partial charge < -0.3 is 19.8 Å². The van der Waals surface area contributed by atoms with Crippen LogP contribution in [0.1, 0.15) is 47.5 Å². The molecule has 3 N–H and O–H groups in total. The van der Waals surface area contributed by atoms with Crippen LogP contribution in [0.25, 0.3) is 0 Å². The average molecular weight is 525 g/mol. The van der Waals surface area contributed by atoms with E-state index in [9.17, 15) is 23.4 Å². The van der Waals surface area contributed by atoms with E-state index in [1.54, 1.807) is 19.2 Å². The fourth-order valence-corrected chi connectivity index (χ4v) is 6.02. The summed E-state index contributed by atoms with van der Waals surface area (Å²) in [5, 5.41) is 20.0. The third-order valence-corrected chi connectivity index (χ3v) is 7.80. The molecular formula is C22H25BrN2O6S. The van der Waals surface area contributed by atoms with E-state index in [1.165, 1.54) is 18.2 Å². The van der Waals surface area contributed by atoms with Gasteiger partial charge in [-0.1, -0.05) is 15.9 Å². The Balaban J connectivity index is 1.75. The molecule has 4 rings (SSSR count). The van der Waals surface area contributed by atoms with Crippen molar-refractivity contribution in [2.24, 2.45) is 0 Å². The summed E-state index contributed by atoms with van der Waals surface area (Å²) >= 11 is 3.35. The van der Waals surface area contributed by atoms with Gasteiger partial charge in [-0.05, 0) is 67.5 Å². The summed E-state index contributed by atoms with van der Waals surface area (Å²) in [5.74, 6) is -1.73. The number of nitrogens with one attached hydrogen (secondary N) is 1. The predicted molar refractivity (Wildman–Crippen MR) is 124 cm³/mol. The second-order valence-corrected chi connectivity index (χ2v) is 10.8. The van der Waals surface area contributed by atoms with Crippen LogP contribution < -0.4 is 9.62 Å². The van der Waals surface area contributed by atoms with Crippen LogP contribution in [0, 0.1) is 0 Å². The van der Waals surface area contributed by atoms with E-state index in [2.05, 4.69) is 20.7 Å². The molecule has 10 heteroatoms.